The zero-order valence-corrected chi connectivity index (χ0v) is 13.0. The van der Waals surface area contributed by atoms with E-state index >= 15 is 0 Å². The third kappa shape index (κ3) is 4.64. The van der Waals surface area contributed by atoms with Gasteiger partial charge in [0.05, 0.1) is 23.7 Å². The van der Waals surface area contributed by atoms with Crippen molar-refractivity contribution < 1.29 is 8.42 Å². The fourth-order valence-electron chi connectivity index (χ4n) is 2.05. The van der Waals surface area contributed by atoms with Crippen LogP contribution in [0.1, 0.15) is 25.1 Å². The molecular weight excluding hydrogens is 288 g/mol. The first-order valence-electron chi connectivity index (χ1n) is 6.88. The van der Waals surface area contributed by atoms with Gasteiger partial charge in [-0.25, -0.2) is 8.42 Å². The number of hydrogen-bond donors (Lipinski definition) is 1. The lowest BCUT2D eigenvalue weighted by molar-refractivity contribution is 0.514. The lowest BCUT2D eigenvalue weighted by Crippen LogP contribution is -2.24. The summed E-state index contributed by atoms with van der Waals surface area (Å²) >= 11 is 0. The van der Waals surface area contributed by atoms with Crippen LogP contribution in [0.5, 0.6) is 0 Å². The number of aromatic nitrogens is 3. The quantitative estimate of drug-likeness (QED) is 0.835. The summed E-state index contributed by atoms with van der Waals surface area (Å²) in [6.45, 7) is 2.72. The molecule has 1 heterocycles. The van der Waals surface area contributed by atoms with Crippen LogP contribution in [-0.2, 0) is 9.84 Å². The van der Waals surface area contributed by atoms with E-state index in [0.29, 0.717) is 6.42 Å². The lowest BCUT2D eigenvalue weighted by Gasteiger charge is -2.14. The van der Waals surface area contributed by atoms with Gasteiger partial charge >= 0.3 is 0 Å². The summed E-state index contributed by atoms with van der Waals surface area (Å²) in [7, 11) is -2.99. The van der Waals surface area contributed by atoms with Crippen molar-refractivity contribution in [3.63, 3.8) is 0 Å². The summed E-state index contributed by atoms with van der Waals surface area (Å²) in [4.78, 5) is 1.56. The molecule has 1 atom stereocenters. The van der Waals surface area contributed by atoms with Crippen LogP contribution in [0.3, 0.4) is 0 Å². The highest BCUT2D eigenvalue weighted by atomic mass is 32.2. The normalized spacial score (nSPS) is 13.2. The molecule has 0 bridgehead atoms. The third-order valence-electron chi connectivity index (χ3n) is 3.08. The summed E-state index contributed by atoms with van der Waals surface area (Å²) in [5, 5.41) is 12.0. The second kappa shape index (κ2) is 6.82. The maximum atomic E-state index is 11.3. The summed E-state index contributed by atoms with van der Waals surface area (Å²) in [6, 6.07) is 9.50. The molecule has 0 amide bonds. The van der Waals surface area contributed by atoms with Crippen LogP contribution in [0.15, 0.2) is 36.5 Å². The van der Waals surface area contributed by atoms with Crippen molar-refractivity contribution in [2.45, 2.75) is 19.4 Å². The Kier molecular flexibility index (Phi) is 5.08. The van der Waals surface area contributed by atoms with Crippen LogP contribution < -0.4 is 5.32 Å². The molecule has 1 aromatic heterocycles. The van der Waals surface area contributed by atoms with Crippen molar-refractivity contribution in [2.24, 2.45) is 0 Å². The van der Waals surface area contributed by atoms with Crippen molar-refractivity contribution in [3.05, 3.63) is 42.2 Å². The number of para-hydroxylation sites is 1. The highest BCUT2D eigenvalue weighted by molar-refractivity contribution is 7.90. The van der Waals surface area contributed by atoms with Crippen molar-refractivity contribution in [1.29, 1.82) is 0 Å². The second-order valence-corrected chi connectivity index (χ2v) is 7.18. The number of nitrogens with one attached hydrogen (secondary N) is 1. The molecule has 6 nitrogen and oxygen atoms in total. The average molecular weight is 308 g/mol. The summed E-state index contributed by atoms with van der Waals surface area (Å²) in [5.41, 5.74) is 1.63. The highest BCUT2D eigenvalue weighted by Crippen LogP contribution is 2.15. The van der Waals surface area contributed by atoms with Crippen LogP contribution in [0, 0.1) is 0 Å². The Bertz CT molecular complexity index is 667. The molecule has 1 aromatic carbocycles. The van der Waals surface area contributed by atoms with E-state index in [-0.39, 0.29) is 11.8 Å². The van der Waals surface area contributed by atoms with Gasteiger partial charge in [-0.05, 0) is 25.1 Å². The zero-order chi connectivity index (χ0) is 15.3. The molecule has 0 radical (unpaired) electrons. The minimum Gasteiger partial charge on any atom is -0.309 e. The Hall–Kier alpha value is -1.73. The monoisotopic (exact) mass is 308 g/mol. The predicted octanol–water partition coefficient (Wildman–Crippen LogP) is 1.35. The van der Waals surface area contributed by atoms with Gasteiger partial charge in [-0.2, -0.15) is 15.0 Å². The van der Waals surface area contributed by atoms with E-state index in [1.54, 1.807) is 11.0 Å². The first kappa shape index (κ1) is 15.7. The Morgan fingerprint density at radius 1 is 1.29 bits per heavy atom. The van der Waals surface area contributed by atoms with Crippen LogP contribution in [-0.4, -0.2) is 42.0 Å². The van der Waals surface area contributed by atoms with Crippen LogP contribution in [0.2, 0.25) is 0 Å². The fourth-order valence-corrected chi connectivity index (χ4v) is 2.72. The molecule has 0 aliphatic carbocycles. The summed E-state index contributed by atoms with van der Waals surface area (Å²) in [6.07, 6.45) is 3.42. The Labute approximate surface area is 125 Å². The molecule has 114 valence electrons. The van der Waals surface area contributed by atoms with E-state index < -0.39 is 9.84 Å². The molecule has 0 aliphatic rings. The fraction of sp³-hybridized carbons (Fsp3) is 0.429. The molecule has 21 heavy (non-hydrogen) atoms. The van der Waals surface area contributed by atoms with Gasteiger partial charge in [0.15, 0.2) is 0 Å². The molecule has 0 spiro atoms. The van der Waals surface area contributed by atoms with E-state index in [0.717, 1.165) is 17.9 Å². The third-order valence-corrected chi connectivity index (χ3v) is 4.06. The van der Waals surface area contributed by atoms with Crippen molar-refractivity contribution >= 4 is 9.84 Å². The maximum absolute atomic E-state index is 11.3. The van der Waals surface area contributed by atoms with Gasteiger partial charge in [0, 0.05) is 6.26 Å². The minimum atomic E-state index is -2.99. The smallest absolute Gasteiger partial charge is 0.147 e. The lowest BCUT2D eigenvalue weighted by atomic mass is 10.2. The van der Waals surface area contributed by atoms with Crippen LogP contribution >= 0.6 is 0 Å². The largest absolute Gasteiger partial charge is 0.309 e. The van der Waals surface area contributed by atoms with E-state index in [9.17, 15) is 8.42 Å². The van der Waals surface area contributed by atoms with Crippen LogP contribution in [0.25, 0.3) is 5.69 Å². The van der Waals surface area contributed by atoms with Crippen molar-refractivity contribution in [1.82, 2.24) is 20.3 Å². The number of benzene rings is 1. The van der Waals surface area contributed by atoms with Crippen molar-refractivity contribution in [2.75, 3.05) is 18.6 Å². The molecule has 2 rings (SSSR count). The van der Waals surface area contributed by atoms with Crippen molar-refractivity contribution in [3.8, 4) is 5.69 Å². The number of sulfone groups is 1. The Balaban J connectivity index is 2.16. The topological polar surface area (TPSA) is 76.9 Å². The Morgan fingerprint density at radius 2 is 2.00 bits per heavy atom. The standard InChI is InChI=1S/C14H20N4O2S/c1-3-15-13(9-10-21(2,19)20)14-11-16-18(17-14)12-7-5-4-6-8-12/h4-8,11,13,15H,3,9-10H2,1-2H3. The molecule has 2 aromatic rings. The number of nitrogens with zero attached hydrogens (tertiary/aromatic N) is 3. The van der Waals surface area contributed by atoms with Gasteiger partial charge in [0.25, 0.3) is 0 Å². The average Bonchev–Trinajstić information content (AvgIpc) is 2.93. The summed E-state index contributed by atoms with van der Waals surface area (Å²) in [5.74, 6) is 0.128. The van der Waals surface area contributed by atoms with Gasteiger partial charge in [0.2, 0.25) is 0 Å². The zero-order valence-electron chi connectivity index (χ0n) is 12.2. The SMILES string of the molecule is CCNC(CCS(C)(=O)=O)c1cnn(-c2ccccc2)n1. The number of hydrogen-bond acceptors (Lipinski definition) is 5. The first-order chi connectivity index (χ1) is 9.99. The maximum Gasteiger partial charge on any atom is 0.147 e. The molecule has 1 unspecified atom stereocenters. The van der Waals surface area contributed by atoms with Gasteiger partial charge in [-0.1, -0.05) is 25.1 Å². The van der Waals surface area contributed by atoms with Gasteiger partial charge in [-0.15, -0.1) is 0 Å². The molecule has 0 saturated heterocycles. The predicted molar refractivity (Wildman–Crippen MR) is 82.1 cm³/mol. The van der Waals surface area contributed by atoms with Gasteiger partial charge < -0.3 is 5.32 Å². The molecule has 1 N–H and O–H groups in total. The molecule has 7 heteroatoms. The molecule has 0 fully saturated rings. The van der Waals surface area contributed by atoms with Crippen LogP contribution in [0.4, 0.5) is 0 Å². The van der Waals surface area contributed by atoms with E-state index in [4.69, 9.17) is 0 Å². The van der Waals surface area contributed by atoms with E-state index in [1.807, 2.05) is 37.3 Å². The van der Waals surface area contributed by atoms with Gasteiger partial charge in [-0.3, -0.25) is 0 Å². The first-order valence-corrected chi connectivity index (χ1v) is 8.94. The summed E-state index contributed by atoms with van der Waals surface area (Å²) < 4.78 is 22.7. The molecule has 0 saturated carbocycles. The van der Waals surface area contributed by atoms with E-state index in [1.165, 1.54) is 6.26 Å². The highest BCUT2D eigenvalue weighted by Gasteiger charge is 2.17. The van der Waals surface area contributed by atoms with E-state index in [2.05, 4.69) is 15.5 Å². The second-order valence-electron chi connectivity index (χ2n) is 4.92. The Morgan fingerprint density at radius 3 is 2.62 bits per heavy atom. The minimum absolute atomic E-state index is 0.109. The number of rotatable bonds is 7. The van der Waals surface area contributed by atoms with Gasteiger partial charge in [0.1, 0.15) is 15.5 Å². The molecule has 0 aliphatic heterocycles. The molecular formula is C14H20N4O2S.